The summed E-state index contributed by atoms with van der Waals surface area (Å²) in [6, 6.07) is 4.94. The highest BCUT2D eigenvalue weighted by Crippen LogP contribution is 2.55. The molecular formula is C18H21Cl2N3O. The third kappa shape index (κ3) is 3.27. The highest BCUT2D eigenvalue weighted by Gasteiger charge is 2.51. The minimum absolute atomic E-state index is 0.00767. The zero-order valence-corrected chi connectivity index (χ0v) is 14.9. The second-order valence-electron chi connectivity index (χ2n) is 7.69. The third-order valence-electron chi connectivity index (χ3n) is 5.75. The van der Waals surface area contributed by atoms with Crippen LogP contribution in [0.2, 0.25) is 10.0 Å². The van der Waals surface area contributed by atoms with Gasteiger partial charge in [0.25, 0.3) is 0 Å². The molecular weight excluding hydrogens is 345 g/mol. The van der Waals surface area contributed by atoms with E-state index in [4.69, 9.17) is 23.2 Å². The van der Waals surface area contributed by atoms with Crippen LogP contribution in [0.3, 0.4) is 0 Å². The monoisotopic (exact) mass is 365 g/mol. The Morgan fingerprint density at radius 1 is 1.12 bits per heavy atom. The molecule has 24 heavy (non-hydrogen) atoms. The van der Waals surface area contributed by atoms with Crippen molar-refractivity contribution in [1.82, 2.24) is 10.7 Å². The molecule has 4 aliphatic carbocycles. The summed E-state index contributed by atoms with van der Waals surface area (Å²) in [5, 5.41) is 8.31. The van der Waals surface area contributed by atoms with Crippen molar-refractivity contribution in [3.63, 3.8) is 0 Å². The Balaban J connectivity index is 1.36. The van der Waals surface area contributed by atoms with Gasteiger partial charge in [-0.05, 0) is 68.4 Å². The van der Waals surface area contributed by atoms with Crippen molar-refractivity contribution in [3.05, 3.63) is 33.8 Å². The van der Waals surface area contributed by atoms with Crippen LogP contribution in [-0.2, 0) is 0 Å². The van der Waals surface area contributed by atoms with E-state index in [-0.39, 0.29) is 11.6 Å². The molecule has 0 unspecified atom stereocenters. The Kier molecular flexibility index (Phi) is 4.21. The number of nitrogens with one attached hydrogen (secondary N) is 2. The van der Waals surface area contributed by atoms with Gasteiger partial charge < -0.3 is 5.32 Å². The Morgan fingerprint density at radius 2 is 1.75 bits per heavy atom. The highest BCUT2D eigenvalue weighted by molar-refractivity contribution is 6.36. The summed E-state index contributed by atoms with van der Waals surface area (Å²) < 4.78 is 0. The lowest BCUT2D eigenvalue weighted by Crippen LogP contribution is -2.61. The summed E-state index contributed by atoms with van der Waals surface area (Å²) in [6.07, 6.45) is 8.98. The summed E-state index contributed by atoms with van der Waals surface area (Å²) in [5.41, 5.74) is 3.29. The summed E-state index contributed by atoms with van der Waals surface area (Å²) in [7, 11) is 0. The van der Waals surface area contributed by atoms with Crippen molar-refractivity contribution >= 4 is 35.4 Å². The van der Waals surface area contributed by atoms with E-state index in [9.17, 15) is 4.79 Å². The average molecular weight is 366 g/mol. The van der Waals surface area contributed by atoms with Gasteiger partial charge in [-0.15, -0.1) is 0 Å². The number of benzene rings is 1. The lowest BCUT2D eigenvalue weighted by Gasteiger charge is -2.56. The lowest BCUT2D eigenvalue weighted by molar-refractivity contribution is -0.0135. The molecule has 0 radical (unpaired) electrons. The van der Waals surface area contributed by atoms with Crippen LogP contribution in [0.1, 0.15) is 44.1 Å². The lowest BCUT2D eigenvalue weighted by atomic mass is 9.53. The van der Waals surface area contributed by atoms with E-state index < -0.39 is 0 Å². The molecule has 6 heteroatoms. The van der Waals surface area contributed by atoms with E-state index in [0.29, 0.717) is 10.0 Å². The quantitative estimate of drug-likeness (QED) is 0.596. The largest absolute Gasteiger partial charge is 0.335 e. The van der Waals surface area contributed by atoms with Gasteiger partial charge in [0.2, 0.25) is 0 Å². The van der Waals surface area contributed by atoms with Gasteiger partial charge in [0, 0.05) is 16.1 Å². The number of hydrogen-bond acceptors (Lipinski definition) is 2. The van der Waals surface area contributed by atoms with E-state index in [0.717, 1.165) is 42.6 Å². The second-order valence-corrected chi connectivity index (χ2v) is 8.53. The molecule has 4 nitrogen and oxygen atoms in total. The van der Waals surface area contributed by atoms with Crippen LogP contribution in [0.5, 0.6) is 0 Å². The number of nitrogens with zero attached hydrogens (tertiary/aromatic N) is 1. The molecule has 4 fully saturated rings. The first-order valence-corrected chi connectivity index (χ1v) is 9.33. The van der Waals surface area contributed by atoms with Gasteiger partial charge in [0.1, 0.15) is 0 Å². The minimum atomic E-state index is -0.224. The number of halogens is 2. The number of rotatable bonds is 3. The van der Waals surface area contributed by atoms with Gasteiger partial charge in [-0.3, -0.25) is 0 Å². The van der Waals surface area contributed by atoms with Gasteiger partial charge in [0.15, 0.2) is 0 Å². The maximum absolute atomic E-state index is 12.3. The van der Waals surface area contributed by atoms with Crippen LogP contribution >= 0.6 is 23.2 Å². The SMILES string of the molecule is O=C(NN=Cc1ccc(Cl)cc1Cl)NC12CC3CC(CC(C3)C1)C2. The molecule has 5 rings (SSSR count). The molecule has 0 aromatic heterocycles. The molecule has 0 spiro atoms. The standard InChI is InChI=1S/C18H21Cl2N3O/c19-15-2-1-14(16(20)6-15)10-21-23-17(24)22-18-7-11-3-12(8-18)5-13(4-11)9-18/h1-2,6,10-13H,3-5,7-9H2,(H2,22,23,24). The first-order chi connectivity index (χ1) is 11.5. The van der Waals surface area contributed by atoms with Crippen LogP contribution in [0, 0.1) is 17.8 Å². The van der Waals surface area contributed by atoms with E-state index in [1.807, 2.05) is 0 Å². The van der Waals surface area contributed by atoms with Crippen molar-refractivity contribution < 1.29 is 4.79 Å². The van der Waals surface area contributed by atoms with E-state index in [2.05, 4.69) is 15.8 Å². The Morgan fingerprint density at radius 3 is 2.33 bits per heavy atom. The number of carbonyl (C=O) groups is 1. The van der Waals surface area contributed by atoms with Crippen LogP contribution in [0.15, 0.2) is 23.3 Å². The van der Waals surface area contributed by atoms with Crippen molar-refractivity contribution in [2.24, 2.45) is 22.9 Å². The van der Waals surface area contributed by atoms with Crippen molar-refractivity contribution in [3.8, 4) is 0 Å². The van der Waals surface area contributed by atoms with Crippen LogP contribution in [-0.4, -0.2) is 17.8 Å². The summed E-state index contributed by atoms with van der Waals surface area (Å²) in [5.74, 6) is 2.40. The molecule has 4 bridgehead atoms. The normalized spacial score (nSPS) is 33.8. The first kappa shape index (κ1) is 16.2. The van der Waals surface area contributed by atoms with Crippen molar-refractivity contribution in [1.29, 1.82) is 0 Å². The van der Waals surface area contributed by atoms with Crippen LogP contribution in [0.25, 0.3) is 0 Å². The smallest absolute Gasteiger partial charge is 0.331 e. The number of carbonyl (C=O) groups excluding carboxylic acids is 1. The summed E-state index contributed by atoms with van der Waals surface area (Å²) in [6.45, 7) is 0. The van der Waals surface area contributed by atoms with Gasteiger partial charge in [0.05, 0.1) is 11.2 Å². The number of hydrazone groups is 1. The second kappa shape index (κ2) is 6.23. The summed E-state index contributed by atoms with van der Waals surface area (Å²) >= 11 is 12.0. The topological polar surface area (TPSA) is 53.5 Å². The molecule has 0 heterocycles. The van der Waals surface area contributed by atoms with E-state index in [1.54, 1.807) is 18.2 Å². The number of hydrogen-bond donors (Lipinski definition) is 2. The maximum Gasteiger partial charge on any atom is 0.335 e. The molecule has 2 amide bonds. The number of urea groups is 1. The fourth-order valence-electron chi connectivity index (χ4n) is 5.30. The molecule has 128 valence electrons. The highest BCUT2D eigenvalue weighted by atomic mass is 35.5. The minimum Gasteiger partial charge on any atom is -0.331 e. The van der Waals surface area contributed by atoms with Crippen molar-refractivity contribution in [2.45, 2.75) is 44.1 Å². The van der Waals surface area contributed by atoms with Crippen molar-refractivity contribution in [2.75, 3.05) is 0 Å². The van der Waals surface area contributed by atoms with Gasteiger partial charge >= 0.3 is 6.03 Å². The van der Waals surface area contributed by atoms with Crippen LogP contribution in [0.4, 0.5) is 4.79 Å². The maximum atomic E-state index is 12.3. The fraction of sp³-hybridized carbons (Fsp3) is 0.556. The molecule has 0 atom stereocenters. The molecule has 0 saturated heterocycles. The molecule has 4 aliphatic rings. The molecule has 4 saturated carbocycles. The molecule has 2 N–H and O–H groups in total. The van der Waals surface area contributed by atoms with Gasteiger partial charge in [-0.1, -0.05) is 29.3 Å². The predicted molar refractivity (Wildman–Crippen MR) is 96.6 cm³/mol. The fourth-order valence-corrected chi connectivity index (χ4v) is 5.76. The zero-order valence-electron chi connectivity index (χ0n) is 13.4. The van der Waals surface area contributed by atoms with Gasteiger partial charge in [-0.25, -0.2) is 10.2 Å². The predicted octanol–water partition coefficient (Wildman–Crippen LogP) is 4.60. The molecule has 1 aromatic carbocycles. The molecule has 1 aromatic rings. The van der Waals surface area contributed by atoms with E-state index in [1.165, 1.54) is 25.5 Å². The third-order valence-corrected chi connectivity index (χ3v) is 6.31. The Bertz CT molecular complexity index is 654. The molecule has 0 aliphatic heterocycles. The zero-order chi connectivity index (χ0) is 16.7. The van der Waals surface area contributed by atoms with E-state index >= 15 is 0 Å². The summed E-state index contributed by atoms with van der Waals surface area (Å²) in [4.78, 5) is 12.3. The Hall–Kier alpha value is -1.26. The average Bonchev–Trinajstić information content (AvgIpc) is 2.47. The number of amides is 2. The van der Waals surface area contributed by atoms with Gasteiger partial charge in [-0.2, -0.15) is 5.10 Å². The van der Waals surface area contributed by atoms with Crippen LogP contribution < -0.4 is 10.7 Å². The Labute approximate surface area is 152 Å². The first-order valence-electron chi connectivity index (χ1n) is 8.58.